The van der Waals surface area contributed by atoms with Gasteiger partial charge in [0.25, 0.3) is 0 Å². The first-order valence-corrected chi connectivity index (χ1v) is 5.63. The van der Waals surface area contributed by atoms with Crippen molar-refractivity contribution in [2.75, 3.05) is 6.61 Å². The van der Waals surface area contributed by atoms with Crippen LogP contribution in [0.3, 0.4) is 0 Å². The summed E-state index contributed by atoms with van der Waals surface area (Å²) in [5, 5.41) is 8.71. The molecule has 0 saturated carbocycles. The van der Waals surface area contributed by atoms with Gasteiger partial charge in [-0.1, -0.05) is 30.3 Å². The summed E-state index contributed by atoms with van der Waals surface area (Å²) in [6, 6.07) is 9.74. The van der Waals surface area contributed by atoms with Crippen LogP contribution in [-0.2, 0) is 13.0 Å². The third kappa shape index (κ3) is 3.07. The van der Waals surface area contributed by atoms with E-state index < -0.39 is 0 Å². The van der Waals surface area contributed by atoms with Gasteiger partial charge in [-0.15, -0.1) is 0 Å². The predicted molar refractivity (Wildman–Crippen MR) is 63.9 cm³/mol. The number of hydrogen-bond acceptors (Lipinski definition) is 3. The molecule has 0 spiro atoms. The van der Waals surface area contributed by atoms with Crippen LogP contribution < -0.4 is 5.76 Å². The van der Waals surface area contributed by atoms with E-state index in [1.807, 2.05) is 30.3 Å². The molecule has 0 radical (unpaired) electrons. The van der Waals surface area contributed by atoms with Gasteiger partial charge in [-0.2, -0.15) is 0 Å². The molecular weight excluding hydrogens is 218 g/mol. The normalized spacial score (nSPS) is 10.6. The summed E-state index contributed by atoms with van der Waals surface area (Å²) in [6.07, 6.45) is 2.91. The Morgan fingerprint density at radius 3 is 2.71 bits per heavy atom. The van der Waals surface area contributed by atoms with Crippen LogP contribution in [0.4, 0.5) is 0 Å². The van der Waals surface area contributed by atoms with E-state index in [9.17, 15) is 4.79 Å². The third-order valence-electron chi connectivity index (χ3n) is 2.53. The van der Waals surface area contributed by atoms with E-state index in [1.165, 1.54) is 0 Å². The van der Waals surface area contributed by atoms with E-state index in [1.54, 1.807) is 10.8 Å². The molecule has 2 rings (SSSR count). The summed E-state index contributed by atoms with van der Waals surface area (Å²) in [5.74, 6) is 0.279. The Balaban J connectivity index is 2.11. The van der Waals surface area contributed by atoms with Crippen molar-refractivity contribution in [2.24, 2.45) is 0 Å². The summed E-state index contributed by atoms with van der Waals surface area (Å²) in [5.41, 5.74) is 1.06. The lowest BCUT2D eigenvalue weighted by Gasteiger charge is -1.99. The van der Waals surface area contributed by atoms with Gasteiger partial charge in [0.15, 0.2) is 0 Å². The number of aliphatic hydroxyl groups is 1. The SMILES string of the molecule is O=c1oc(CCCO)cn1Cc1ccccc1. The van der Waals surface area contributed by atoms with Gasteiger partial charge in [0.2, 0.25) is 0 Å². The molecule has 1 aromatic carbocycles. The van der Waals surface area contributed by atoms with Gasteiger partial charge < -0.3 is 9.52 Å². The maximum atomic E-state index is 11.5. The second kappa shape index (κ2) is 5.50. The van der Waals surface area contributed by atoms with Gasteiger partial charge in [-0.25, -0.2) is 4.79 Å². The van der Waals surface area contributed by atoms with E-state index in [2.05, 4.69) is 0 Å². The molecule has 1 heterocycles. The Kier molecular flexibility index (Phi) is 3.77. The zero-order chi connectivity index (χ0) is 12.1. The second-order valence-corrected chi connectivity index (χ2v) is 3.90. The van der Waals surface area contributed by atoms with E-state index in [4.69, 9.17) is 9.52 Å². The molecule has 90 valence electrons. The standard InChI is InChI=1S/C13H15NO3/c15-8-4-7-12-10-14(13(16)17-12)9-11-5-2-1-3-6-11/h1-3,5-6,10,15H,4,7-9H2. The molecule has 0 aliphatic carbocycles. The fourth-order valence-corrected chi connectivity index (χ4v) is 1.68. The topological polar surface area (TPSA) is 55.4 Å². The molecule has 0 unspecified atom stereocenters. The highest BCUT2D eigenvalue weighted by Gasteiger charge is 2.05. The number of aromatic nitrogens is 1. The molecular formula is C13H15NO3. The number of aliphatic hydroxyl groups excluding tert-OH is 1. The summed E-state index contributed by atoms with van der Waals surface area (Å²) in [6.45, 7) is 0.621. The smallest absolute Gasteiger partial charge is 0.413 e. The average Bonchev–Trinajstić information content (AvgIpc) is 2.69. The monoisotopic (exact) mass is 233 g/mol. The van der Waals surface area contributed by atoms with Crippen LogP contribution in [0.2, 0.25) is 0 Å². The Morgan fingerprint density at radius 2 is 2.00 bits per heavy atom. The van der Waals surface area contributed by atoms with Gasteiger partial charge in [0.05, 0.1) is 6.54 Å². The Bertz CT molecular complexity index is 513. The lowest BCUT2D eigenvalue weighted by Crippen LogP contribution is -2.13. The molecule has 0 saturated heterocycles. The van der Waals surface area contributed by atoms with Crippen LogP contribution in [0.5, 0.6) is 0 Å². The zero-order valence-corrected chi connectivity index (χ0v) is 9.50. The Hall–Kier alpha value is -1.81. The van der Waals surface area contributed by atoms with E-state index >= 15 is 0 Å². The summed E-state index contributed by atoms with van der Waals surface area (Å²) < 4.78 is 6.63. The molecule has 0 aliphatic rings. The van der Waals surface area contributed by atoms with Crippen LogP contribution in [0, 0.1) is 0 Å². The van der Waals surface area contributed by atoms with Gasteiger partial charge in [-0.05, 0) is 12.0 Å². The molecule has 4 heteroatoms. The molecule has 0 bridgehead atoms. The number of hydrogen-bond donors (Lipinski definition) is 1. The maximum absolute atomic E-state index is 11.5. The van der Waals surface area contributed by atoms with Crippen LogP contribution in [0.15, 0.2) is 45.7 Å². The first-order valence-electron chi connectivity index (χ1n) is 5.63. The van der Waals surface area contributed by atoms with E-state index in [0.29, 0.717) is 25.1 Å². The third-order valence-corrected chi connectivity index (χ3v) is 2.53. The number of rotatable bonds is 5. The highest BCUT2D eigenvalue weighted by atomic mass is 16.4. The van der Waals surface area contributed by atoms with Crippen molar-refractivity contribution >= 4 is 0 Å². The fraction of sp³-hybridized carbons (Fsp3) is 0.308. The lowest BCUT2D eigenvalue weighted by molar-refractivity contribution is 0.283. The predicted octanol–water partition coefficient (Wildman–Crippen LogP) is 1.41. The van der Waals surface area contributed by atoms with Crippen molar-refractivity contribution in [3.63, 3.8) is 0 Å². The van der Waals surface area contributed by atoms with Crippen molar-refractivity contribution < 1.29 is 9.52 Å². The van der Waals surface area contributed by atoms with Crippen LogP contribution >= 0.6 is 0 Å². The van der Waals surface area contributed by atoms with E-state index in [0.717, 1.165) is 5.56 Å². The Morgan fingerprint density at radius 1 is 1.24 bits per heavy atom. The number of nitrogens with zero attached hydrogens (tertiary/aromatic N) is 1. The first kappa shape index (κ1) is 11.7. The Labute approximate surface area is 99.1 Å². The number of oxazole rings is 1. The van der Waals surface area contributed by atoms with Crippen molar-refractivity contribution in [1.82, 2.24) is 4.57 Å². The first-order chi connectivity index (χ1) is 8.29. The molecule has 2 aromatic rings. The van der Waals surface area contributed by atoms with Crippen molar-refractivity contribution in [1.29, 1.82) is 0 Å². The summed E-state index contributed by atoms with van der Waals surface area (Å²) >= 11 is 0. The van der Waals surface area contributed by atoms with Crippen LogP contribution in [-0.4, -0.2) is 16.3 Å². The quantitative estimate of drug-likeness (QED) is 0.849. The highest BCUT2D eigenvalue weighted by molar-refractivity contribution is 5.15. The molecule has 0 amide bonds. The molecule has 4 nitrogen and oxygen atoms in total. The molecule has 17 heavy (non-hydrogen) atoms. The van der Waals surface area contributed by atoms with Crippen molar-refractivity contribution in [2.45, 2.75) is 19.4 Å². The number of benzene rings is 1. The second-order valence-electron chi connectivity index (χ2n) is 3.90. The molecule has 0 aliphatic heterocycles. The average molecular weight is 233 g/mol. The van der Waals surface area contributed by atoms with Crippen LogP contribution in [0.1, 0.15) is 17.7 Å². The minimum Gasteiger partial charge on any atom is -0.413 e. The molecule has 1 aromatic heterocycles. The summed E-state index contributed by atoms with van der Waals surface area (Å²) in [7, 11) is 0. The lowest BCUT2D eigenvalue weighted by atomic mass is 10.2. The van der Waals surface area contributed by atoms with Crippen molar-refractivity contribution in [3.05, 3.63) is 58.4 Å². The van der Waals surface area contributed by atoms with Crippen LogP contribution in [0.25, 0.3) is 0 Å². The molecule has 0 fully saturated rings. The highest BCUT2D eigenvalue weighted by Crippen LogP contribution is 2.04. The molecule has 0 atom stereocenters. The fourth-order valence-electron chi connectivity index (χ4n) is 1.68. The maximum Gasteiger partial charge on any atom is 0.419 e. The van der Waals surface area contributed by atoms with Crippen molar-refractivity contribution in [3.8, 4) is 0 Å². The minimum absolute atomic E-state index is 0.105. The zero-order valence-electron chi connectivity index (χ0n) is 9.50. The van der Waals surface area contributed by atoms with Gasteiger partial charge in [0, 0.05) is 19.2 Å². The van der Waals surface area contributed by atoms with Gasteiger partial charge in [0.1, 0.15) is 5.76 Å². The largest absolute Gasteiger partial charge is 0.419 e. The molecule has 1 N–H and O–H groups in total. The van der Waals surface area contributed by atoms with Gasteiger partial charge >= 0.3 is 5.76 Å². The van der Waals surface area contributed by atoms with Gasteiger partial charge in [-0.3, -0.25) is 4.57 Å². The number of aryl methyl sites for hydroxylation is 1. The summed E-state index contributed by atoms with van der Waals surface area (Å²) in [4.78, 5) is 11.5. The van der Waals surface area contributed by atoms with E-state index in [-0.39, 0.29) is 12.4 Å². The minimum atomic E-state index is -0.346.